The number of nitrogens with one attached hydrogen (secondary N) is 1. The summed E-state index contributed by atoms with van der Waals surface area (Å²) in [6, 6.07) is -0.136. The van der Waals surface area contributed by atoms with E-state index >= 15 is 0 Å². The van der Waals surface area contributed by atoms with E-state index in [0.717, 1.165) is 55.5 Å². The first-order chi connectivity index (χ1) is 12.5. The maximum Gasteiger partial charge on any atom is 0.325 e. The molecule has 1 aliphatic heterocycles. The van der Waals surface area contributed by atoms with Gasteiger partial charge in [0, 0.05) is 11.7 Å². The molecule has 0 unspecified atom stereocenters. The third-order valence-corrected chi connectivity index (χ3v) is 6.42. The van der Waals surface area contributed by atoms with Crippen molar-refractivity contribution >= 4 is 17.8 Å². The Morgan fingerprint density at radius 2 is 1.96 bits per heavy atom. The highest BCUT2D eigenvalue weighted by molar-refractivity contribution is 6.09. The van der Waals surface area contributed by atoms with Crippen LogP contribution in [0.4, 0.5) is 4.79 Å². The molecule has 142 valence electrons. The van der Waals surface area contributed by atoms with Crippen LogP contribution in [0.2, 0.25) is 0 Å². The van der Waals surface area contributed by atoms with Crippen LogP contribution in [0, 0.1) is 5.92 Å². The van der Waals surface area contributed by atoms with Crippen molar-refractivity contribution in [1.29, 1.82) is 0 Å². The number of allylic oxidation sites excluding steroid dienone is 2. The highest BCUT2D eigenvalue weighted by atomic mass is 16.2. The fourth-order valence-corrected chi connectivity index (χ4v) is 4.60. The molecule has 26 heavy (non-hydrogen) atoms. The van der Waals surface area contributed by atoms with Crippen molar-refractivity contribution in [2.24, 2.45) is 5.92 Å². The quantitative estimate of drug-likeness (QED) is 0.785. The number of carbonyl (C=O) groups excluding carboxylic acids is 3. The van der Waals surface area contributed by atoms with Crippen LogP contribution in [0.15, 0.2) is 11.8 Å². The number of urea groups is 1. The van der Waals surface area contributed by atoms with E-state index in [9.17, 15) is 14.4 Å². The summed E-state index contributed by atoms with van der Waals surface area (Å²) in [5, 5.41) is 2.91. The maximum atomic E-state index is 13.0. The minimum absolute atomic E-state index is 0.106. The molecule has 0 aromatic heterocycles. The van der Waals surface area contributed by atoms with Crippen LogP contribution in [-0.4, -0.2) is 45.8 Å². The van der Waals surface area contributed by atoms with Gasteiger partial charge in [0.2, 0.25) is 5.91 Å². The molecule has 0 radical (unpaired) electrons. The Balaban J connectivity index is 1.47. The Hall–Kier alpha value is -1.85. The van der Waals surface area contributed by atoms with Gasteiger partial charge in [0.05, 0.1) is 0 Å². The molecule has 3 aliphatic carbocycles. The van der Waals surface area contributed by atoms with Gasteiger partial charge in [-0.25, -0.2) is 4.79 Å². The SMILES string of the molecule is CC1CCC2(CC1)NC(=O)N(CC(=O)N(C1=CCCCC1)C1CC1)C2=O. The average molecular weight is 359 g/mol. The standard InChI is InChI=1S/C20H29N3O3/c1-14-9-11-20(12-10-14)18(25)22(19(26)21-20)13-17(24)23(16-7-8-16)15-5-3-2-4-6-15/h5,14,16H,2-4,6-13H2,1H3,(H,21,26). The molecule has 4 rings (SSSR count). The molecule has 0 aromatic rings. The summed E-state index contributed by atoms with van der Waals surface area (Å²) in [7, 11) is 0. The number of nitrogens with zero attached hydrogens (tertiary/aromatic N) is 2. The summed E-state index contributed by atoms with van der Waals surface area (Å²) in [6.45, 7) is 2.05. The first-order valence-electron chi connectivity index (χ1n) is 10.2. The molecule has 3 fully saturated rings. The number of amides is 4. The van der Waals surface area contributed by atoms with E-state index in [0.29, 0.717) is 18.8 Å². The Morgan fingerprint density at radius 1 is 1.23 bits per heavy atom. The Kier molecular flexibility index (Phi) is 4.53. The van der Waals surface area contributed by atoms with Crippen LogP contribution >= 0.6 is 0 Å². The number of rotatable bonds is 4. The van der Waals surface area contributed by atoms with Crippen molar-refractivity contribution in [2.75, 3.05) is 6.54 Å². The second-order valence-electron chi connectivity index (χ2n) is 8.52. The molecular formula is C20H29N3O3. The average Bonchev–Trinajstić information content (AvgIpc) is 3.44. The van der Waals surface area contributed by atoms with Gasteiger partial charge in [-0.1, -0.05) is 13.0 Å². The Morgan fingerprint density at radius 3 is 2.58 bits per heavy atom. The molecule has 4 aliphatic rings. The molecule has 1 N–H and O–H groups in total. The number of hydrogen-bond acceptors (Lipinski definition) is 3. The maximum absolute atomic E-state index is 13.0. The van der Waals surface area contributed by atoms with Crippen LogP contribution < -0.4 is 5.32 Å². The third kappa shape index (κ3) is 3.14. The molecule has 0 atom stereocenters. The van der Waals surface area contributed by atoms with Crippen molar-refractivity contribution in [3.63, 3.8) is 0 Å². The summed E-state index contributed by atoms with van der Waals surface area (Å²) >= 11 is 0. The summed E-state index contributed by atoms with van der Waals surface area (Å²) in [5.74, 6) is 0.283. The number of carbonyl (C=O) groups is 3. The van der Waals surface area contributed by atoms with Gasteiger partial charge in [-0.2, -0.15) is 0 Å². The van der Waals surface area contributed by atoms with Gasteiger partial charge in [-0.05, 0) is 70.1 Å². The monoisotopic (exact) mass is 359 g/mol. The topological polar surface area (TPSA) is 69.7 Å². The molecular weight excluding hydrogens is 330 g/mol. The van der Waals surface area contributed by atoms with E-state index in [1.165, 1.54) is 6.42 Å². The fraction of sp³-hybridized carbons (Fsp3) is 0.750. The second kappa shape index (κ2) is 6.71. The minimum Gasteiger partial charge on any atom is -0.323 e. The largest absolute Gasteiger partial charge is 0.325 e. The Bertz CT molecular complexity index is 645. The van der Waals surface area contributed by atoms with E-state index in [1.54, 1.807) is 0 Å². The zero-order valence-electron chi connectivity index (χ0n) is 15.6. The lowest BCUT2D eigenvalue weighted by Crippen LogP contribution is -2.50. The molecule has 1 spiro atoms. The van der Waals surface area contributed by atoms with Gasteiger partial charge in [0.25, 0.3) is 5.91 Å². The number of imide groups is 1. The van der Waals surface area contributed by atoms with Crippen LogP contribution in [0.1, 0.15) is 71.1 Å². The van der Waals surface area contributed by atoms with Gasteiger partial charge in [-0.3, -0.25) is 14.5 Å². The predicted molar refractivity (Wildman–Crippen MR) is 97.0 cm³/mol. The predicted octanol–water partition coefficient (Wildman–Crippen LogP) is 2.94. The summed E-state index contributed by atoms with van der Waals surface area (Å²) in [5.41, 5.74) is 0.329. The van der Waals surface area contributed by atoms with Crippen molar-refractivity contribution in [1.82, 2.24) is 15.1 Å². The fourth-order valence-electron chi connectivity index (χ4n) is 4.60. The van der Waals surface area contributed by atoms with Crippen LogP contribution in [0.3, 0.4) is 0 Å². The van der Waals surface area contributed by atoms with Crippen LogP contribution in [0.25, 0.3) is 0 Å². The van der Waals surface area contributed by atoms with Crippen molar-refractivity contribution in [3.8, 4) is 0 Å². The molecule has 1 saturated heterocycles. The van der Waals surface area contributed by atoms with Crippen molar-refractivity contribution in [2.45, 2.75) is 82.7 Å². The molecule has 2 saturated carbocycles. The summed E-state index contributed by atoms with van der Waals surface area (Å²) < 4.78 is 0. The molecule has 4 amide bonds. The highest BCUT2D eigenvalue weighted by Gasteiger charge is 2.53. The van der Waals surface area contributed by atoms with E-state index in [-0.39, 0.29) is 24.4 Å². The van der Waals surface area contributed by atoms with Gasteiger partial charge < -0.3 is 10.2 Å². The van der Waals surface area contributed by atoms with Crippen LogP contribution in [-0.2, 0) is 9.59 Å². The number of hydrogen-bond donors (Lipinski definition) is 1. The van der Waals surface area contributed by atoms with Crippen molar-refractivity contribution in [3.05, 3.63) is 11.8 Å². The lowest BCUT2D eigenvalue weighted by atomic mass is 9.77. The zero-order valence-corrected chi connectivity index (χ0v) is 15.6. The van der Waals surface area contributed by atoms with Gasteiger partial charge >= 0.3 is 6.03 Å². The second-order valence-corrected chi connectivity index (χ2v) is 8.52. The zero-order chi connectivity index (χ0) is 18.3. The molecule has 0 aromatic carbocycles. The first-order valence-corrected chi connectivity index (χ1v) is 10.2. The van der Waals surface area contributed by atoms with Crippen molar-refractivity contribution < 1.29 is 14.4 Å². The third-order valence-electron chi connectivity index (χ3n) is 6.42. The smallest absolute Gasteiger partial charge is 0.323 e. The minimum atomic E-state index is -0.765. The molecule has 1 heterocycles. The van der Waals surface area contributed by atoms with E-state index in [2.05, 4.69) is 18.3 Å². The van der Waals surface area contributed by atoms with E-state index < -0.39 is 11.6 Å². The Labute approximate surface area is 155 Å². The van der Waals surface area contributed by atoms with E-state index in [4.69, 9.17) is 0 Å². The lowest BCUT2D eigenvalue weighted by molar-refractivity contribution is -0.139. The first kappa shape index (κ1) is 17.6. The van der Waals surface area contributed by atoms with Gasteiger partial charge in [-0.15, -0.1) is 0 Å². The molecule has 6 heteroatoms. The molecule has 6 nitrogen and oxygen atoms in total. The lowest BCUT2D eigenvalue weighted by Gasteiger charge is -2.33. The van der Waals surface area contributed by atoms with Gasteiger partial charge in [0.15, 0.2) is 0 Å². The van der Waals surface area contributed by atoms with Gasteiger partial charge in [0.1, 0.15) is 12.1 Å². The highest BCUT2D eigenvalue weighted by Crippen LogP contribution is 2.37. The van der Waals surface area contributed by atoms with Crippen LogP contribution in [0.5, 0.6) is 0 Å². The summed E-state index contributed by atoms with van der Waals surface area (Å²) in [6.07, 6.45) is 11.6. The normalized spacial score (nSPS) is 31.8. The summed E-state index contributed by atoms with van der Waals surface area (Å²) in [4.78, 5) is 41.5. The van der Waals surface area contributed by atoms with E-state index in [1.807, 2.05) is 4.90 Å². The molecule has 0 bridgehead atoms.